The Hall–Kier alpha value is -1.08. The van der Waals surface area contributed by atoms with Crippen molar-refractivity contribution in [2.24, 2.45) is 52.3 Å². The summed E-state index contributed by atoms with van der Waals surface area (Å²) in [5.74, 6) is 2.80. The number of fused-ring (bicyclic) bond motifs is 7. The van der Waals surface area contributed by atoms with Crippen LogP contribution in [0.15, 0.2) is 0 Å². The predicted octanol–water partition coefficient (Wildman–Crippen LogP) is -4.06. The van der Waals surface area contributed by atoms with Crippen LogP contribution in [0.2, 0.25) is 0 Å². The standard InChI is InChI=1S/C57H94O27/c1-21-8-13-57(74-19-21)22(2)34-29(84-57)15-28-26-7-6-24-14-25(9-11-55(24,4)27(26)10-12-56(28,34)5)76-51-45(71)41(67)47(32(18-60)79-51)82-54-49(83-53-44(70)40(66)37(63)31(17-59)78-53)46(72)48(81-52-43(69)39(65)36(62)30(16-58)77-52)33(80-54)20-73-50-42(68)38(64)35(61)23(3)75-50/h21-54,58-72H,6-20H2,1-5H3. The Morgan fingerprint density at radius 3 is 1.63 bits per heavy atom. The van der Waals surface area contributed by atoms with Gasteiger partial charge >= 0.3 is 0 Å². The van der Waals surface area contributed by atoms with Gasteiger partial charge in [-0.25, -0.2) is 0 Å². The van der Waals surface area contributed by atoms with Gasteiger partial charge in [0, 0.05) is 12.3 Å². The van der Waals surface area contributed by atoms with Crippen LogP contribution in [0.25, 0.3) is 0 Å². The average molecular weight is 1210 g/mol. The summed E-state index contributed by atoms with van der Waals surface area (Å²) in [5, 5.41) is 164. The third-order valence-corrected chi connectivity index (χ3v) is 22.5. The Kier molecular flexibility index (Phi) is 19.3. The quantitative estimate of drug-likeness (QED) is 0.0736. The third kappa shape index (κ3) is 11.3. The zero-order valence-corrected chi connectivity index (χ0v) is 48.3. The summed E-state index contributed by atoms with van der Waals surface area (Å²) in [4.78, 5) is 0. The van der Waals surface area contributed by atoms with Gasteiger partial charge in [-0.05, 0) is 111 Å². The van der Waals surface area contributed by atoms with Gasteiger partial charge in [0.1, 0.15) is 116 Å². The molecule has 11 aliphatic rings. The van der Waals surface area contributed by atoms with Gasteiger partial charge in [-0.2, -0.15) is 0 Å². The first-order valence-electron chi connectivity index (χ1n) is 30.7. The van der Waals surface area contributed by atoms with E-state index in [1.165, 1.54) is 6.92 Å². The van der Waals surface area contributed by atoms with Gasteiger partial charge in [-0.3, -0.25) is 0 Å². The summed E-state index contributed by atoms with van der Waals surface area (Å²) < 4.78 is 73.9. The van der Waals surface area contributed by atoms with Gasteiger partial charge in [0.25, 0.3) is 0 Å². The summed E-state index contributed by atoms with van der Waals surface area (Å²) in [6, 6.07) is 0. The van der Waals surface area contributed by atoms with Crippen molar-refractivity contribution in [3.63, 3.8) is 0 Å². The fraction of sp³-hybridized carbons (Fsp3) is 1.00. The number of hydrogen-bond donors (Lipinski definition) is 15. The molecule has 0 aromatic rings. The molecule has 37 atom stereocenters. The molecular weight excluding hydrogens is 1120 g/mol. The summed E-state index contributed by atoms with van der Waals surface area (Å²) >= 11 is 0. The van der Waals surface area contributed by atoms with E-state index < -0.39 is 186 Å². The monoisotopic (exact) mass is 1210 g/mol. The number of rotatable bonds is 14. The smallest absolute Gasteiger partial charge is 0.187 e. The fourth-order valence-electron chi connectivity index (χ4n) is 17.5. The molecule has 4 aliphatic carbocycles. The van der Waals surface area contributed by atoms with Gasteiger partial charge in [0.05, 0.1) is 51.3 Å². The number of aliphatic hydroxyl groups is 15. The van der Waals surface area contributed by atoms with Gasteiger partial charge in [0.2, 0.25) is 0 Å². The lowest BCUT2D eigenvalue weighted by molar-refractivity contribution is -0.406. The van der Waals surface area contributed by atoms with Gasteiger partial charge < -0.3 is 133 Å². The zero-order valence-electron chi connectivity index (χ0n) is 48.3. The maximum Gasteiger partial charge on any atom is 0.187 e. The molecule has 11 rings (SSSR count). The molecule has 27 nitrogen and oxygen atoms in total. The molecule has 84 heavy (non-hydrogen) atoms. The van der Waals surface area contributed by atoms with Crippen LogP contribution >= 0.6 is 0 Å². The largest absolute Gasteiger partial charge is 0.394 e. The zero-order chi connectivity index (χ0) is 60.2. The van der Waals surface area contributed by atoms with Gasteiger partial charge in [-0.1, -0.05) is 27.7 Å². The van der Waals surface area contributed by atoms with Crippen LogP contribution in [-0.2, 0) is 56.8 Å². The molecule has 37 unspecified atom stereocenters. The van der Waals surface area contributed by atoms with Crippen molar-refractivity contribution in [1.82, 2.24) is 0 Å². The van der Waals surface area contributed by atoms with Crippen molar-refractivity contribution in [3.8, 4) is 0 Å². The molecule has 0 amide bonds. The molecule has 0 aromatic heterocycles. The molecule has 0 aromatic carbocycles. The van der Waals surface area contributed by atoms with Crippen LogP contribution in [0.1, 0.15) is 98.8 Å². The Bertz CT molecular complexity index is 2180. The first-order chi connectivity index (χ1) is 39.9. The van der Waals surface area contributed by atoms with E-state index in [1.54, 1.807) is 0 Å². The van der Waals surface area contributed by atoms with Crippen LogP contribution < -0.4 is 0 Å². The summed E-state index contributed by atoms with van der Waals surface area (Å²) in [6.07, 6.45) is -35.6. The topological polar surface area (TPSA) is 414 Å². The number of hydrogen-bond acceptors (Lipinski definition) is 27. The summed E-state index contributed by atoms with van der Waals surface area (Å²) in [6.45, 7) is 8.30. The van der Waals surface area contributed by atoms with E-state index in [1.807, 2.05) is 0 Å². The first kappa shape index (κ1) is 64.4. The average Bonchev–Trinajstić information content (AvgIpc) is 1.58. The lowest BCUT2D eigenvalue weighted by Gasteiger charge is -2.61. The molecule has 1 spiro atoms. The molecule has 484 valence electrons. The Labute approximate surface area is 487 Å². The fourth-order valence-corrected chi connectivity index (χ4v) is 17.5. The maximum absolute atomic E-state index is 12.5. The van der Waals surface area contributed by atoms with Crippen LogP contribution in [0, 0.1) is 52.3 Å². The highest BCUT2D eigenvalue weighted by Gasteiger charge is 2.70. The Morgan fingerprint density at radius 2 is 1.00 bits per heavy atom. The molecule has 7 heterocycles. The normalized spacial score (nSPS) is 57.7. The van der Waals surface area contributed by atoms with E-state index in [9.17, 15) is 76.6 Å². The van der Waals surface area contributed by atoms with Crippen LogP contribution in [0.4, 0.5) is 0 Å². The van der Waals surface area contributed by atoms with Crippen molar-refractivity contribution >= 4 is 0 Å². The number of aliphatic hydroxyl groups excluding tert-OH is 15. The SMILES string of the molecule is CC1CCC2(OC1)OC1CC3C4CCC5CC(OC6OC(CO)C(OC7OC(COC8OC(C)C(O)C(O)C8O)C(OC8OC(CO)C(O)C(O)C8O)C(O)C7OC7OC(CO)C(O)C(O)C7O)C(O)C6O)CCC5(C)C4CCC3(C)C1C2C. The van der Waals surface area contributed by atoms with E-state index in [0.29, 0.717) is 54.3 Å². The van der Waals surface area contributed by atoms with E-state index in [-0.39, 0.29) is 23.0 Å². The lowest BCUT2D eigenvalue weighted by atomic mass is 9.44. The molecule has 0 radical (unpaired) electrons. The highest BCUT2D eigenvalue weighted by atomic mass is 16.8. The Balaban J connectivity index is 0.797. The van der Waals surface area contributed by atoms with Crippen LogP contribution in [0.5, 0.6) is 0 Å². The highest BCUT2D eigenvalue weighted by Crippen LogP contribution is 2.71. The first-order valence-corrected chi connectivity index (χ1v) is 30.7. The van der Waals surface area contributed by atoms with Crippen LogP contribution in [-0.4, -0.2) is 281 Å². The van der Waals surface area contributed by atoms with Gasteiger partial charge in [0.15, 0.2) is 37.2 Å². The van der Waals surface area contributed by atoms with Gasteiger partial charge in [-0.15, -0.1) is 0 Å². The second kappa shape index (κ2) is 25.2. The molecule has 15 N–H and O–H groups in total. The molecule has 27 heteroatoms. The molecule has 4 saturated carbocycles. The van der Waals surface area contributed by atoms with Crippen molar-refractivity contribution in [1.29, 1.82) is 0 Å². The Morgan fingerprint density at radius 1 is 0.452 bits per heavy atom. The second-order valence-corrected chi connectivity index (χ2v) is 27.2. The summed E-state index contributed by atoms with van der Waals surface area (Å²) in [5.41, 5.74) is 0.211. The minimum absolute atomic E-state index is 0.0439. The number of ether oxygens (including phenoxy) is 12. The minimum atomic E-state index is -2.18. The van der Waals surface area contributed by atoms with Crippen molar-refractivity contribution in [2.75, 3.05) is 33.0 Å². The van der Waals surface area contributed by atoms with E-state index >= 15 is 0 Å². The minimum Gasteiger partial charge on any atom is -0.394 e. The maximum atomic E-state index is 12.5. The predicted molar refractivity (Wildman–Crippen MR) is 279 cm³/mol. The summed E-state index contributed by atoms with van der Waals surface area (Å²) in [7, 11) is 0. The van der Waals surface area contributed by atoms with E-state index in [4.69, 9.17) is 56.8 Å². The second-order valence-electron chi connectivity index (χ2n) is 27.2. The van der Waals surface area contributed by atoms with E-state index in [0.717, 1.165) is 58.0 Å². The molecule has 7 aliphatic heterocycles. The third-order valence-electron chi connectivity index (χ3n) is 22.5. The van der Waals surface area contributed by atoms with Crippen LogP contribution in [0.3, 0.4) is 0 Å². The van der Waals surface area contributed by atoms with E-state index in [2.05, 4.69) is 27.7 Å². The van der Waals surface area contributed by atoms with Crippen molar-refractivity contribution in [2.45, 2.75) is 270 Å². The molecule has 0 bridgehead atoms. The molecule has 7 saturated heterocycles. The van der Waals surface area contributed by atoms with Crippen molar-refractivity contribution in [3.05, 3.63) is 0 Å². The van der Waals surface area contributed by atoms with Crippen molar-refractivity contribution < 1.29 is 133 Å². The molecular formula is C57H94O27. The molecule has 11 fully saturated rings. The highest BCUT2D eigenvalue weighted by molar-refractivity contribution is 5.16. The lowest BCUT2D eigenvalue weighted by Crippen LogP contribution is -2.68.